The maximum Gasteiger partial charge on any atom is 0.338 e. The van der Waals surface area contributed by atoms with Crippen LogP contribution in [0.25, 0.3) is 11.4 Å². The number of nitrogens with zero attached hydrogens (tertiary/aromatic N) is 3. The molecule has 0 saturated carbocycles. The number of esters is 1. The summed E-state index contributed by atoms with van der Waals surface area (Å²) in [4.78, 5) is 26.8. The van der Waals surface area contributed by atoms with Crippen LogP contribution in [0.15, 0.2) is 47.0 Å². The Morgan fingerprint density at radius 2 is 1.96 bits per heavy atom. The monoisotopic (exact) mass is 383 g/mol. The molecule has 0 N–H and O–H groups in total. The molecule has 3 aromatic rings. The fraction of sp³-hybridized carbons (Fsp3) is 0.211. The highest BCUT2D eigenvalue weighted by Crippen LogP contribution is 2.28. The van der Waals surface area contributed by atoms with Gasteiger partial charge in [0, 0.05) is 11.6 Å². The van der Waals surface area contributed by atoms with Gasteiger partial charge in [-0.3, -0.25) is 10.1 Å². The second kappa shape index (κ2) is 8.30. The van der Waals surface area contributed by atoms with Crippen LogP contribution in [0.5, 0.6) is 5.75 Å². The Morgan fingerprint density at radius 3 is 2.61 bits per heavy atom. The van der Waals surface area contributed by atoms with Gasteiger partial charge >= 0.3 is 11.7 Å². The number of nitro benzene ring substituents is 1. The van der Waals surface area contributed by atoms with E-state index < -0.39 is 10.9 Å². The molecule has 0 atom stereocenters. The first-order valence-corrected chi connectivity index (χ1v) is 8.43. The average Bonchev–Trinajstić information content (AvgIpc) is 3.20. The van der Waals surface area contributed by atoms with Crippen LogP contribution in [0.2, 0.25) is 0 Å². The minimum absolute atomic E-state index is 0.0161. The zero-order valence-corrected chi connectivity index (χ0v) is 15.2. The van der Waals surface area contributed by atoms with Gasteiger partial charge in [0.2, 0.25) is 5.82 Å². The maximum absolute atomic E-state index is 12.2. The smallest absolute Gasteiger partial charge is 0.338 e. The van der Waals surface area contributed by atoms with Gasteiger partial charge in [-0.25, -0.2) is 4.79 Å². The van der Waals surface area contributed by atoms with E-state index in [1.54, 1.807) is 0 Å². The van der Waals surface area contributed by atoms with Crippen molar-refractivity contribution in [3.8, 4) is 17.1 Å². The molecule has 1 aromatic heterocycles. The van der Waals surface area contributed by atoms with E-state index in [0.29, 0.717) is 5.82 Å². The molecule has 0 aliphatic rings. The highest BCUT2D eigenvalue weighted by molar-refractivity contribution is 5.90. The standard InChI is InChI=1S/C19H17N3O6/c1-3-12-4-6-13(7-5-12)18-20-17(28-21-18)11-27-19(23)14-8-9-16(26-2)15(10-14)22(24)25/h4-10H,3,11H2,1-2H3. The van der Waals surface area contributed by atoms with E-state index in [0.717, 1.165) is 18.1 Å². The normalized spacial score (nSPS) is 10.5. The summed E-state index contributed by atoms with van der Waals surface area (Å²) in [6, 6.07) is 11.5. The van der Waals surface area contributed by atoms with Crippen molar-refractivity contribution in [2.24, 2.45) is 0 Å². The van der Waals surface area contributed by atoms with Gasteiger partial charge < -0.3 is 14.0 Å². The van der Waals surface area contributed by atoms with Crippen molar-refractivity contribution in [3.05, 3.63) is 69.6 Å². The lowest BCUT2D eigenvalue weighted by molar-refractivity contribution is -0.385. The zero-order chi connectivity index (χ0) is 20.1. The number of nitro groups is 1. The van der Waals surface area contributed by atoms with Crippen molar-refractivity contribution in [3.63, 3.8) is 0 Å². The lowest BCUT2D eigenvalue weighted by Crippen LogP contribution is -2.06. The number of aromatic nitrogens is 2. The SMILES string of the molecule is CCc1ccc(-c2noc(COC(=O)c3ccc(OC)c([N+](=O)[O-])c3)n2)cc1. The summed E-state index contributed by atoms with van der Waals surface area (Å²) >= 11 is 0. The molecule has 1 heterocycles. The van der Waals surface area contributed by atoms with Crippen LogP contribution in [0, 0.1) is 10.1 Å². The van der Waals surface area contributed by atoms with Crippen molar-refractivity contribution in [2.45, 2.75) is 20.0 Å². The van der Waals surface area contributed by atoms with E-state index in [-0.39, 0.29) is 29.5 Å². The van der Waals surface area contributed by atoms with Crippen LogP contribution in [0.4, 0.5) is 5.69 Å². The number of ether oxygens (including phenoxy) is 2. The first-order valence-electron chi connectivity index (χ1n) is 8.43. The van der Waals surface area contributed by atoms with Gasteiger partial charge in [-0.2, -0.15) is 4.98 Å². The predicted octanol–water partition coefficient (Wildman–Crippen LogP) is 3.57. The Kier molecular flexibility index (Phi) is 5.64. The lowest BCUT2D eigenvalue weighted by atomic mass is 10.1. The second-order valence-electron chi connectivity index (χ2n) is 5.78. The zero-order valence-electron chi connectivity index (χ0n) is 15.2. The quantitative estimate of drug-likeness (QED) is 0.345. The van der Waals surface area contributed by atoms with Gasteiger partial charge in [-0.1, -0.05) is 36.3 Å². The molecule has 9 nitrogen and oxygen atoms in total. The third kappa shape index (κ3) is 4.14. The van der Waals surface area contributed by atoms with Crippen molar-refractivity contribution in [2.75, 3.05) is 7.11 Å². The molecule has 0 unspecified atom stereocenters. The van der Waals surface area contributed by atoms with Crippen LogP contribution in [-0.4, -0.2) is 28.1 Å². The van der Waals surface area contributed by atoms with Crippen LogP contribution >= 0.6 is 0 Å². The molecule has 9 heteroatoms. The second-order valence-corrected chi connectivity index (χ2v) is 5.78. The van der Waals surface area contributed by atoms with E-state index in [9.17, 15) is 14.9 Å². The van der Waals surface area contributed by atoms with Crippen LogP contribution in [0.3, 0.4) is 0 Å². The number of hydrogen-bond donors (Lipinski definition) is 0. The highest BCUT2D eigenvalue weighted by Gasteiger charge is 2.19. The highest BCUT2D eigenvalue weighted by atomic mass is 16.6. The lowest BCUT2D eigenvalue weighted by Gasteiger charge is -2.04. The third-order valence-electron chi connectivity index (χ3n) is 4.03. The fourth-order valence-electron chi connectivity index (χ4n) is 2.49. The number of carbonyl (C=O) groups is 1. The molecule has 0 bridgehead atoms. The molecule has 0 aliphatic carbocycles. The summed E-state index contributed by atoms with van der Waals surface area (Å²) in [5.41, 5.74) is 1.66. The Morgan fingerprint density at radius 1 is 1.21 bits per heavy atom. The predicted molar refractivity (Wildman–Crippen MR) is 97.9 cm³/mol. The average molecular weight is 383 g/mol. The summed E-state index contributed by atoms with van der Waals surface area (Å²) < 4.78 is 15.1. The molecule has 2 aromatic carbocycles. The summed E-state index contributed by atoms with van der Waals surface area (Å²) in [6.45, 7) is 1.81. The first-order chi connectivity index (χ1) is 13.5. The number of rotatable bonds is 7. The Balaban J connectivity index is 1.67. The summed E-state index contributed by atoms with van der Waals surface area (Å²) in [6.07, 6.45) is 0.928. The van der Waals surface area contributed by atoms with Crippen LogP contribution in [0.1, 0.15) is 28.7 Å². The number of aryl methyl sites for hydroxylation is 1. The number of carbonyl (C=O) groups excluding carboxylic acids is 1. The maximum atomic E-state index is 12.2. The van der Waals surface area contributed by atoms with Gasteiger partial charge in [-0.15, -0.1) is 0 Å². The molecule has 3 rings (SSSR count). The molecule has 0 aliphatic heterocycles. The first kappa shape index (κ1) is 19.0. The third-order valence-corrected chi connectivity index (χ3v) is 4.03. The Labute approximate surface area is 160 Å². The molecule has 144 valence electrons. The molecule has 0 saturated heterocycles. The van der Waals surface area contributed by atoms with Gasteiger partial charge in [-0.05, 0) is 24.1 Å². The van der Waals surface area contributed by atoms with Gasteiger partial charge in [0.1, 0.15) is 0 Å². The van der Waals surface area contributed by atoms with E-state index in [1.807, 2.05) is 24.3 Å². The van der Waals surface area contributed by atoms with Crippen LogP contribution < -0.4 is 4.74 Å². The summed E-state index contributed by atoms with van der Waals surface area (Å²) in [7, 11) is 1.31. The van der Waals surface area contributed by atoms with E-state index in [2.05, 4.69) is 17.1 Å². The molecule has 0 radical (unpaired) electrons. The minimum Gasteiger partial charge on any atom is -0.490 e. The van der Waals surface area contributed by atoms with Crippen LogP contribution in [-0.2, 0) is 17.8 Å². The summed E-state index contributed by atoms with van der Waals surface area (Å²) in [5, 5.41) is 14.9. The number of methoxy groups -OCH3 is 1. The molecular weight excluding hydrogens is 366 g/mol. The van der Waals surface area contributed by atoms with Crippen molar-refractivity contribution >= 4 is 11.7 Å². The summed E-state index contributed by atoms with van der Waals surface area (Å²) in [5.74, 6) is -0.199. The van der Waals surface area contributed by atoms with Crippen molar-refractivity contribution in [1.82, 2.24) is 10.1 Å². The van der Waals surface area contributed by atoms with Crippen molar-refractivity contribution in [1.29, 1.82) is 0 Å². The van der Waals surface area contributed by atoms with E-state index in [4.69, 9.17) is 14.0 Å². The van der Waals surface area contributed by atoms with Gasteiger partial charge in [0.15, 0.2) is 12.4 Å². The minimum atomic E-state index is -0.752. The number of hydrogen-bond acceptors (Lipinski definition) is 8. The molecular formula is C19H17N3O6. The topological polar surface area (TPSA) is 118 Å². The molecule has 0 fully saturated rings. The van der Waals surface area contributed by atoms with Gasteiger partial charge in [0.05, 0.1) is 17.6 Å². The largest absolute Gasteiger partial charge is 0.490 e. The van der Waals surface area contributed by atoms with Crippen molar-refractivity contribution < 1.29 is 23.7 Å². The Bertz CT molecular complexity index is 997. The number of benzene rings is 2. The van der Waals surface area contributed by atoms with E-state index >= 15 is 0 Å². The Hall–Kier alpha value is -3.75. The molecule has 28 heavy (non-hydrogen) atoms. The van der Waals surface area contributed by atoms with E-state index in [1.165, 1.54) is 24.8 Å². The fourth-order valence-corrected chi connectivity index (χ4v) is 2.49. The molecule has 0 amide bonds. The molecule has 0 spiro atoms. The van der Waals surface area contributed by atoms with Gasteiger partial charge in [0.25, 0.3) is 5.89 Å².